The summed E-state index contributed by atoms with van der Waals surface area (Å²) in [5.41, 5.74) is 0.439. The van der Waals surface area contributed by atoms with Crippen molar-refractivity contribution in [2.45, 2.75) is 45.3 Å². The second kappa shape index (κ2) is 6.71. The number of carbonyl (C=O) groups is 1. The van der Waals surface area contributed by atoms with E-state index in [1.165, 1.54) is 7.11 Å². The quantitative estimate of drug-likeness (QED) is 0.856. The fraction of sp³-hybridized carbons (Fsp3) is 0.643. The zero-order valence-electron chi connectivity index (χ0n) is 12.5. The largest absolute Gasteiger partial charge is 0.476 e. The van der Waals surface area contributed by atoms with Crippen molar-refractivity contribution in [1.29, 1.82) is 0 Å². The van der Waals surface area contributed by atoms with Crippen molar-refractivity contribution in [3.05, 3.63) is 11.3 Å². The van der Waals surface area contributed by atoms with Gasteiger partial charge in [-0.05, 0) is 33.1 Å². The Kier molecular flexibility index (Phi) is 4.95. The van der Waals surface area contributed by atoms with Crippen LogP contribution in [-0.2, 0) is 4.74 Å². The van der Waals surface area contributed by atoms with Crippen LogP contribution in [0.25, 0.3) is 0 Å². The number of carboxylic acids is 1. The Morgan fingerprint density at radius 2 is 2.24 bits per heavy atom. The molecule has 0 radical (unpaired) electrons. The molecule has 1 aliphatic heterocycles. The topological polar surface area (TPSA) is 93.6 Å². The summed E-state index contributed by atoms with van der Waals surface area (Å²) in [7, 11) is 1.41. The SMILES string of the molecule is COc1nc(NC[C@H]2CCC[C@@H](C)O2)c(C)c(C(=O)O)n1. The van der Waals surface area contributed by atoms with Crippen LogP contribution in [0.5, 0.6) is 6.01 Å². The molecule has 2 atom stereocenters. The standard InChI is InChI=1S/C14H21N3O4/c1-8-5-4-6-10(21-8)7-15-12-9(2)11(13(18)19)16-14(17-12)20-3/h8,10H,4-7H2,1-3H3,(H,18,19)(H,15,16,17)/t8-,10-/m1/s1. The molecular weight excluding hydrogens is 274 g/mol. The fourth-order valence-electron chi connectivity index (χ4n) is 2.43. The van der Waals surface area contributed by atoms with Crippen LogP contribution in [0.3, 0.4) is 0 Å². The lowest BCUT2D eigenvalue weighted by Gasteiger charge is -2.28. The van der Waals surface area contributed by atoms with Gasteiger partial charge < -0.3 is 19.9 Å². The van der Waals surface area contributed by atoms with Crippen LogP contribution in [0.15, 0.2) is 0 Å². The Hall–Kier alpha value is -1.89. The number of aromatic carboxylic acids is 1. The Balaban J connectivity index is 2.11. The zero-order chi connectivity index (χ0) is 15.4. The molecule has 0 spiro atoms. The smallest absolute Gasteiger partial charge is 0.355 e. The van der Waals surface area contributed by atoms with Gasteiger partial charge in [0.25, 0.3) is 0 Å². The van der Waals surface area contributed by atoms with E-state index in [0.29, 0.717) is 17.9 Å². The molecule has 1 fully saturated rings. The molecule has 1 aromatic heterocycles. The summed E-state index contributed by atoms with van der Waals surface area (Å²) in [5, 5.41) is 12.3. The predicted molar refractivity (Wildman–Crippen MR) is 77.0 cm³/mol. The normalized spacial score (nSPS) is 21.9. The van der Waals surface area contributed by atoms with Crippen LogP contribution in [0.2, 0.25) is 0 Å². The van der Waals surface area contributed by atoms with Crippen molar-refractivity contribution in [2.24, 2.45) is 0 Å². The minimum Gasteiger partial charge on any atom is -0.476 e. The molecule has 7 heteroatoms. The van der Waals surface area contributed by atoms with Crippen molar-refractivity contribution >= 4 is 11.8 Å². The van der Waals surface area contributed by atoms with Gasteiger partial charge in [-0.2, -0.15) is 9.97 Å². The molecule has 2 heterocycles. The van der Waals surface area contributed by atoms with Gasteiger partial charge in [0.1, 0.15) is 5.82 Å². The summed E-state index contributed by atoms with van der Waals surface area (Å²) in [5.74, 6) is -0.625. The van der Waals surface area contributed by atoms with E-state index in [1.807, 2.05) is 0 Å². The molecule has 0 aromatic carbocycles. The average Bonchev–Trinajstić information content (AvgIpc) is 2.46. The van der Waals surface area contributed by atoms with Crippen LogP contribution in [0.1, 0.15) is 42.2 Å². The third kappa shape index (κ3) is 3.81. The molecule has 2 N–H and O–H groups in total. The van der Waals surface area contributed by atoms with Crippen LogP contribution in [0.4, 0.5) is 5.82 Å². The molecule has 0 bridgehead atoms. The first-order valence-electron chi connectivity index (χ1n) is 7.06. The monoisotopic (exact) mass is 295 g/mol. The third-order valence-electron chi connectivity index (χ3n) is 3.57. The molecular formula is C14H21N3O4. The highest BCUT2D eigenvalue weighted by molar-refractivity contribution is 5.88. The van der Waals surface area contributed by atoms with E-state index in [0.717, 1.165) is 19.3 Å². The number of aromatic nitrogens is 2. The number of hydrogen-bond acceptors (Lipinski definition) is 6. The van der Waals surface area contributed by atoms with Crippen molar-refractivity contribution in [2.75, 3.05) is 19.0 Å². The van der Waals surface area contributed by atoms with Gasteiger partial charge in [-0.15, -0.1) is 0 Å². The number of anilines is 1. The molecule has 1 aliphatic rings. The highest BCUT2D eigenvalue weighted by atomic mass is 16.5. The van der Waals surface area contributed by atoms with Gasteiger partial charge in [-0.25, -0.2) is 4.79 Å². The van der Waals surface area contributed by atoms with Crippen molar-refractivity contribution in [3.63, 3.8) is 0 Å². The fourth-order valence-corrected chi connectivity index (χ4v) is 2.43. The van der Waals surface area contributed by atoms with Gasteiger partial charge in [0, 0.05) is 12.1 Å². The summed E-state index contributed by atoms with van der Waals surface area (Å²) in [6, 6.07) is 0.0402. The highest BCUT2D eigenvalue weighted by Crippen LogP contribution is 2.22. The van der Waals surface area contributed by atoms with Crippen molar-refractivity contribution in [3.8, 4) is 6.01 Å². The number of ether oxygens (including phenoxy) is 2. The van der Waals surface area contributed by atoms with E-state index in [1.54, 1.807) is 6.92 Å². The summed E-state index contributed by atoms with van der Waals surface area (Å²) < 4.78 is 10.8. The first-order valence-corrected chi connectivity index (χ1v) is 7.06. The Labute approximate surface area is 123 Å². The van der Waals surface area contributed by atoms with E-state index < -0.39 is 5.97 Å². The van der Waals surface area contributed by atoms with Crippen LogP contribution in [0, 0.1) is 6.92 Å². The third-order valence-corrected chi connectivity index (χ3v) is 3.57. The Morgan fingerprint density at radius 3 is 2.86 bits per heavy atom. The molecule has 7 nitrogen and oxygen atoms in total. The first-order chi connectivity index (χ1) is 10.0. The number of nitrogens with one attached hydrogen (secondary N) is 1. The molecule has 116 valence electrons. The van der Waals surface area contributed by atoms with Crippen LogP contribution in [-0.4, -0.2) is 46.9 Å². The predicted octanol–water partition coefficient (Wildman–Crippen LogP) is 1.86. The van der Waals surface area contributed by atoms with E-state index in [2.05, 4.69) is 22.2 Å². The van der Waals surface area contributed by atoms with E-state index in [-0.39, 0.29) is 23.9 Å². The van der Waals surface area contributed by atoms with Gasteiger partial charge in [0.05, 0.1) is 19.3 Å². The second-order valence-corrected chi connectivity index (χ2v) is 5.22. The molecule has 0 saturated carbocycles. The van der Waals surface area contributed by atoms with Crippen molar-refractivity contribution in [1.82, 2.24) is 9.97 Å². The number of methoxy groups -OCH3 is 1. The number of hydrogen-bond donors (Lipinski definition) is 2. The zero-order valence-corrected chi connectivity index (χ0v) is 12.5. The summed E-state index contributed by atoms with van der Waals surface area (Å²) in [6.45, 7) is 4.33. The first kappa shape index (κ1) is 15.5. The Bertz CT molecular complexity index is 521. The van der Waals surface area contributed by atoms with E-state index in [9.17, 15) is 4.79 Å². The van der Waals surface area contributed by atoms with E-state index >= 15 is 0 Å². The summed E-state index contributed by atoms with van der Waals surface area (Å²) >= 11 is 0. The average molecular weight is 295 g/mol. The number of nitrogens with zero attached hydrogens (tertiary/aromatic N) is 2. The molecule has 0 unspecified atom stereocenters. The summed E-state index contributed by atoms with van der Waals surface area (Å²) in [4.78, 5) is 19.2. The lowest BCUT2D eigenvalue weighted by molar-refractivity contribution is -0.0321. The van der Waals surface area contributed by atoms with Crippen LogP contribution >= 0.6 is 0 Å². The highest BCUT2D eigenvalue weighted by Gasteiger charge is 2.21. The maximum Gasteiger partial charge on any atom is 0.355 e. The number of carboxylic acid groups (broad SMARTS) is 1. The van der Waals surface area contributed by atoms with E-state index in [4.69, 9.17) is 14.6 Å². The molecule has 0 amide bonds. The van der Waals surface area contributed by atoms with Gasteiger partial charge in [0.15, 0.2) is 5.69 Å². The Morgan fingerprint density at radius 1 is 1.48 bits per heavy atom. The summed E-state index contributed by atoms with van der Waals surface area (Å²) in [6.07, 6.45) is 3.59. The van der Waals surface area contributed by atoms with Gasteiger partial charge in [-0.3, -0.25) is 0 Å². The minimum absolute atomic E-state index is 0.0402. The maximum atomic E-state index is 11.2. The van der Waals surface area contributed by atoms with Gasteiger partial charge >= 0.3 is 12.0 Å². The lowest BCUT2D eigenvalue weighted by Crippen LogP contribution is -2.31. The molecule has 1 saturated heterocycles. The maximum absolute atomic E-state index is 11.2. The van der Waals surface area contributed by atoms with Gasteiger partial charge in [0.2, 0.25) is 0 Å². The molecule has 0 aliphatic carbocycles. The number of rotatable bonds is 5. The lowest BCUT2D eigenvalue weighted by atomic mass is 10.0. The minimum atomic E-state index is -1.10. The molecule has 1 aromatic rings. The van der Waals surface area contributed by atoms with Gasteiger partial charge in [-0.1, -0.05) is 0 Å². The molecule has 21 heavy (non-hydrogen) atoms. The molecule has 2 rings (SSSR count). The van der Waals surface area contributed by atoms with Crippen molar-refractivity contribution < 1.29 is 19.4 Å². The van der Waals surface area contributed by atoms with Crippen LogP contribution < -0.4 is 10.1 Å². The second-order valence-electron chi connectivity index (χ2n) is 5.22.